The Kier molecular flexibility index (Phi) is 8.68. The van der Waals surface area contributed by atoms with E-state index < -0.39 is 83.3 Å². The normalized spacial score (nSPS) is 57.5. The van der Waals surface area contributed by atoms with E-state index in [-0.39, 0.29) is 35.2 Å². The number of aliphatic hydroxyl groups is 8. The molecule has 47 heavy (non-hydrogen) atoms. The second kappa shape index (κ2) is 11.4. The number of esters is 1. The minimum Gasteiger partial charge on any atom is -0.432 e. The lowest BCUT2D eigenvalue weighted by molar-refractivity contribution is -0.299. The summed E-state index contributed by atoms with van der Waals surface area (Å²) < 4.78 is 11.4. The molecule has 0 aromatic heterocycles. The number of carbonyl (C=O) groups excluding carboxylic acids is 1. The molecule has 0 unspecified atom stereocenters. The van der Waals surface area contributed by atoms with Crippen molar-refractivity contribution >= 4 is 5.97 Å². The van der Waals surface area contributed by atoms with Crippen molar-refractivity contribution < 1.29 is 55.1 Å². The van der Waals surface area contributed by atoms with Crippen molar-refractivity contribution in [1.29, 1.82) is 0 Å². The number of carbonyl (C=O) groups is 1. The molecule has 0 aromatic rings. The van der Waals surface area contributed by atoms with E-state index in [9.17, 15) is 45.6 Å². The average molecular weight is 667 g/mol. The van der Waals surface area contributed by atoms with Crippen LogP contribution in [0.15, 0.2) is 11.6 Å². The monoisotopic (exact) mass is 666 g/mol. The first kappa shape index (κ1) is 35.7. The molecule has 268 valence electrons. The van der Waals surface area contributed by atoms with Crippen molar-refractivity contribution in [3.8, 4) is 0 Å². The van der Waals surface area contributed by atoms with E-state index in [0.29, 0.717) is 38.5 Å². The molecule has 0 amide bonds. The van der Waals surface area contributed by atoms with Gasteiger partial charge in [0.05, 0.1) is 36.4 Å². The van der Waals surface area contributed by atoms with Gasteiger partial charge in [0.15, 0.2) is 0 Å². The van der Waals surface area contributed by atoms with Gasteiger partial charge in [-0.25, -0.2) is 0 Å². The molecular formula is C36H58O11. The van der Waals surface area contributed by atoms with E-state index in [4.69, 9.17) is 9.47 Å². The fraction of sp³-hybridized carbons (Fsp3) is 0.917. The fourth-order valence-corrected chi connectivity index (χ4v) is 12.4. The Hall–Kier alpha value is -1.15. The quantitative estimate of drug-likeness (QED) is 0.160. The zero-order valence-electron chi connectivity index (χ0n) is 28.8. The van der Waals surface area contributed by atoms with Crippen molar-refractivity contribution in [3.05, 3.63) is 11.6 Å². The van der Waals surface area contributed by atoms with Crippen LogP contribution in [0, 0.1) is 50.7 Å². The zero-order valence-corrected chi connectivity index (χ0v) is 28.8. The maximum Gasteiger partial charge on any atom is 0.315 e. The third kappa shape index (κ3) is 4.60. The fourth-order valence-electron chi connectivity index (χ4n) is 12.4. The van der Waals surface area contributed by atoms with Crippen LogP contribution < -0.4 is 0 Å². The van der Waals surface area contributed by atoms with Crippen LogP contribution in [0.2, 0.25) is 0 Å². The molecule has 0 radical (unpaired) electrons. The summed E-state index contributed by atoms with van der Waals surface area (Å²) in [7, 11) is 0. The van der Waals surface area contributed by atoms with E-state index >= 15 is 0 Å². The molecule has 0 aromatic carbocycles. The first-order valence-electron chi connectivity index (χ1n) is 17.7. The summed E-state index contributed by atoms with van der Waals surface area (Å²) in [5.41, 5.74) is -3.27. The van der Waals surface area contributed by atoms with Gasteiger partial charge in [0.25, 0.3) is 0 Å². The molecule has 1 saturated heterocycles. The molecule has 8 N–H and O–H groups in total. The minimum atomic E-state index is -1.72. The van der Waals surface area contributed by atoms with Crippen LogP contribution in [0.25, 0.3) is 0 Å². The largest absolute Gasteiger partial charge is 0.432 e. The summed E-state index contributed by atoms with van der Waals surface area (Å²) >= 11 is 0. The summed E-state index contributed by atoms with van der Waals surface area (Å²) in [5.74, 6) is -1.23. The van der Waals surface area contributed by atoms with Crippen LogP contribution in [0.3, 0.4) is 0 Å². The second-order valence-corrected chi connectivity index (χ2v) is 17.5. The molecule has 5 fully saturated rings. The number of hydrogen-bond acceptors (Lipinski definition) is 11. The van der Waals surface area contributed by atoms with Crippen molar-refractivity contribution in [2.45, 2.75) is 141 Å². The van der Waals surface area contributed by atoms with E-state index in [1.165, 1.54) is 0 Å². The molecule has 1 heterocycles. The van der Waals surface area contributed by atoms with Gasteiger partial charge in [0, 0.05) is 11.3 Å². The lowest BCUT2D eigenvalue weighted by Gasteiger charge is -2.72. The predicted molar refractivity (Wildman–Crippen MR) is 169 cm³/mol. The smallest absolute Gasteiger partial charge is 0.315 e. The Balaban J connectivity index is 1.40. The number of ether oxygens (including phenoxy) is 2. The molecular weight excluding hydrogens is 608 g/mol. The molecule has 6 rings (SSSR count). The van der Waals surface area contributed by atoms with Gasteiger partial charge >= 0.3 is 5.97 Å². The Morgan fingerprint density at radius 3 is 2.23 bits per heavy atom. The second-order valence-electron chi connectivity index (χ2n) is 17.5. The van der Waals surface area contributed by atoms with Crippen molar-refractivity contribution in [1.82, 2.24) is 0 Å². The predicted octanol–water partition coefficient (Wildman–Crippen LogP) is 1.41. The molecule has 11 heteroatoms. The summed E-state index contributed by atoms with van der Waals surface area (Å²) in [6.45, 7) is 11.6. The van der Waals surface area contributed by atoms with Crippen molar-refractivity contribution in [3.63, 3.8) is 0 Å². The van der Waals surface area contributed by atoms with Crippen molar-refractivity contribution in [2.75, 3.05) is 13.2 Å². The average Bonchev–Trinajstić information content (AvgIpc) is 3.02. The van der Waals surface area contributed by atoms with Crippen LogP contribution >= 0.6 is 0 Å². The number of allylic oxidation sites excluding steroid dienone is 1. The molecule has 0 spiro atoms. The number of rotatable bonds is 4. The lowest BCUT2D eigenvalue weighted by Crippen LogP contribution is -2.69. The Morgan fingerprint density at radius 1 is 0.915 bits per heavy atom. The van der Waals surface area contributed by atoms with Crippen LogP contribution in [0.4, 0.5) is 0 Å². The van der Waals surface area contributed by atoms with Crippen LogP contribution in [-0.2, 0) is 14.3 Å². The summed E-state index contributed by atoms with van der Waals surface area (Å²) in [6, 6.07) is 0. The highest BCUT2D eigenvalue weighted by Gasteiger charge is 2.72. The highest BCUT2D eigenvalue weighted by Crippen LogP contribution is 2.76. The molecule has 6 aliphatic rings. The van der Waals surface area contributed by atoms with Crippen LogP contribution in [0.5, 0.6) is 0 Å². The van der Waals surface area contributed by atoms with Gasteiger partial charge in [-0.2, -0.15) is 0 Å². The molecule has 0 bridgehead atoms. The highest BCUT2D eigenvalue weighted by atomic mass is 16.7. The molecule has 17 atom stereocenters. The van der Waals surface area contributed by atoms with Gasteiger partial charge < -0.3 is 50.3 Å². The SMILES string of the molecule is C[C@@H]1CC[C@]2(C(=O)O[C@@H]3O[C@H](CO)[C@@H](O)[C@H](O)[C@H]3O)CC[C@]3(C)C(=CC[C@H]4[C@@]5(C)C[C@@H](O)[C@@H](O)[C@@](C)(CO)[C@H]5CC[C@]43C)[C@@H]2[C@]1(C)O. The Labute approximate surface area is 278 Å². The van der Waals surface area contributed by atoms with Crippen LogP contribution in [-0.4, -0.2) is 109 Å². The summed E-state index contributed by atoms with van der Waals surface area (Å²) in [5, 5.41) is 86.2. The third-order valence-electron chi connectivity index (χ3n) is 15.6. The van der Waals surface area contributed by atoms with Gasteiger partial charge in [-0.3, -0.25) is 4.79 Å². The summed E-state index contributed by atoms with van der Waals surface area (Å²) in [4.78, 5) is 14.5. The summed E-state index contributed by atoms with van der Waals surface area (Å²) in [6.07, 6.45) is -2.75. The molecule has 1 aliphatic heterocycles. The lowest BCUT2D eigenvalue weighted by atomic mass is 9.33. The number of aliphatic hydroxyl groups excluding tert-OH is 7. The van der Waals surface area contributed by atoms with Gasteiger partial charge in [-0.15, -0.1) is 0 Å². The maximum absolute atomic E-state index is 14.5. The standard InChI is InChI=1S/C36H58O11/c1-18-9-12-36(30(44)47-29-26(42)25(41)24(40)21(16-37)46-29)14-13-33(4)19(27(36)35(18,6)45)7-8-23-31(2)15-20(39)28(43)32(3,17-38)22(31)10-11-34(23,33)5/h7,18,20-29,37-43,45H,8-17H2,1-6H3/t18-,20-,21-,22+,23+,24-,25+,26-,27-,28-,29+,31+,32+,33-,34-,35-,36+/m1/s1. The minimum absolute atomic E-state index is 0.00373. The zero-order chi connectivity index (χ0) is 34.7. The van der Waals surface area contributed by atoms with E-state index in [2.05, 4.69) is 26.8 Å². The van der Waals surface area contributed by atoms with Crippen molar-refractivity contribution in [2.24, 2.45) is 50.7 Å². The van der Waals surface area contributed by atoms with Gasteiger partial charge in [0.1, 0.15) is 24.4 Å². The first-order chi connectivity index (χ1) is 21.8. The molecule has 4 saturated carbocycles. The Bertz CT molecular complexity index is 1270. The number of fused-ring (bicyclic) bond motifs is 7. The van der Waals surface area contributed by atoms with Gasteiger partial charge in [-0.05, 0) is 92.3 Å². The first-order valence-corrected chi connectivity index (χ1v) is 17.7. The highest BCUT2D eigenvalue weighted by molar-refractivity contribution is 5.79. The maximum atomic E-state index is 14.5. The van der Waals surface area contributed by atoms with E-state index in [1.807, 2.05) is 20.8 Å². The van der Waals surface area contributed by atoms with Crippen LogP contribution in [0.1, 0.15) is 92.9 Å². The van der Waals surface area contributed by atoms with E-state index in [1.54, 1.807) is 0 Å². The third-order valence-corrected chi connectivity index (χ3v) is 15.6. The van der Waals surface area contributed by atoms with Gasteiger partial charge in [-0.1, -0.05) is 46.3 Å². The molecule has 5 aliphatic carbocycles. The molecule has 11 nitrogen and oxygen atoms in total. The Morgan fingerprint density at radius 2 is 1.60 bits per heavy atom. The van der Waals surface area contributed by atoms with E-state index in [0.717, 1.165) is 18.4 Å². The van der Waals surface area contributed by atoms with Gasteiger partial charge in [0.2, 0.25) is 6.29 Å². The number of hydrogen-bond donors (Lipinski definition) is 8. The topological polar surface area (TPSA) is 197 Å².